The van der Waals surface area contributed by atoms with Crippen molar-refractivity contribution in [3.63, 3.8) is 0 Å². The summed E-state index contributed by atoms with van der Waals surface area (Å²) in [6.07, 6.45) is 4.16. The van der Waals surface area contributed by atoms with Crippen molar-refractivity contribution in [2.75, 3.05) is 0 Å². The maximum Gasteiger partial charge on any atom is 0.105 e. The van der Waals surface area contributed by atoms with E-state index < -0.39 is 0 Å². The number of benzene rings is 1. The van der Waals surface area contributed by atoms with Crippen molar-refractivity contribution < 1.29 is 0 Å². The lowest BCUT2D eigenvalue weighted by Gasteiger charge is -2.20. The lowest BCUT2D eigenvalue weighted by Crippen LogP contribution is -2.13. The molecule has 0 radical (unpaired) electrons. The molecule has 0 saturated heterocycles. The minimum atomic E-state index is 0.362. The van der Waals surface area contributed by atoms with Crippen LogP contribution in [0.1, 0.15) is 44.3 Å². The first-order valence-corrected chi connectivity index (χ1v) is 7.01. The maximum atomic E-state index is 4.48. The van der Waals surface area contributed by atoms with Gasteiger partial charge in [-0.05, 0) is 24.3 Å². The van der Waals surface area contributed by atoms with Crippen molar-refractivity contribution in [1.82, 2.24) is 9.55 Å². The molecule has 1 aromatic heterocycles. The molecule has 0 spiro atoms. The van der Waals surface area contributed by atoms with E-state index >= 15 is 0 Å². The third-order valence-electron chi connectivity index (χ3n) is 3.45. The molecule has 2 heteroatoms. The molecular formula is C17H24N2. The fraction of sp³-hybridized carbons (Fsp3) is 0.471. The van der Waals surface area contributed by atoms with Crippen LogP contribution in [0.25, 0.3) is 0 Å². The third kappa shape index (κ3) is 3.95. The second-order valence-corrected chi connectivity index (χ2v) is 6.42. The molecule has 0 N–H and O–H groups in total. The smallest absolute Gasteiger partial charge is 0.105 e. The predicted octanol–water partition coefficient (Wildman–Crippen LogP) is 4.22. The van der Waals surface area contributed by atoms with Gasteiger partial charge < -0.3 is 4.57 Å². The number of nitrogens with zero attached hydrogens (tertiary/aromatic N) is 2. The Hall–Kier alpha value is -1.57. The summed E-state index contributed by atoms with van der Waals surface area (Å²) >= 11 is 0. The van der Waals surface area contributed by atoms with Crippen LogP contribution in [-0.2, 0) is 13.0 Å². The van der Waals surface area contributed by atoms with Crippen LogP contribution in [-0.4, -0.2) is 9.55 Å². The van der Waals surface area contributed by atoms with Crippen LogP contribution in [0.15, 0.2) is 36.5 Å². The van der Waals surface area contributed by atoms with Gasteiger partial charge in [-0.3, -0.25) is 0 Å². The summed E-state index contributed by atoms with van der Waals surface area (Å²) in [7, 11) is 0. The van der Waals surface area contributed by atoms with E-state index in [0.717, 1.165) is 18.8 Å². The Bertz CT molecular complexity index is 518. The number of hydrogen-bond acceptors (Lipinski definition) is 1. The van der Waals surface area contributed by atoms with Crippen molar-refractivity contribution >= 4 is 0 Å². The monoisotopic (exact) mass is 256 g/mol. The quantitative estimate of drug-likeness (QED) is 0.801. The van der Waals surface area contributed by atoms with E-state index in [4.69, 9.17) is 0 Å². The van der Waals surface area contributed by atoms with Gasteiger partial charge in [0, 0.05) is 24.9 Å². The lowest BCUT2D eigenvalue weighted by molar-refractivity contribution is 0.346. The highest BCUT2D eigenvalue weighted by Gasteiger charge is 2.13. The largest absolute Gasteiger partial charge is 0.332 e. The number of imidazole rings is 1. The standard InChI is InChI=1S/C17H24N2/c1-14-18-13-16(12-15-8-6-5-7-9-15)19(14)11-10-17(2,3)4/h5-9,13H,10-12H2,1-4H3. The third-order valence-corrected chi connectivity index (χ3v) is 3.45. The van der Waals surface area contributed by atoms with E-state index in [2.05, 4.69) is 67.6 Å². The molecule has 0 aliphatic carbocycles. The highest BCUT2D eigenvalue weighted by Crippen LogP contribution is 2.21. The Kier molecular flexibility index (Phi) is 4.08. The van der Waals surface area contributed by atoms with Crippen molar-refractivity contribution in [3.05, 3.63) is 53.6 Å². The zero-order chi connectivity index (χ0) is 13.9. The van der Waals surface area contributed by atoms with Crippen LogP contribution < -0.4 is 0 Å². The molecule has 1 heterocycles. The molecular weight excluding hydrogens is 232 g/mol. The van der Waals surface area contributed by atoms with Crippen molar-refractivity contribution in [1.29, 1.82) is 0 Å². The van der Waals surface area contributed by atoms with Crippen molar-refractivity contribution in [2.45, 2.75) is 47.1 Å². The first-order chi connectivity index (χ1) is 8.96. The Balaban J connectivity index is 2.13. The number of aromatic nitrogens is 2. The normalized spacial score (nSPS) is 11.8. The van der Waals surface area contributed by atoms with Crippen molar-refractivity contribution in [2.24, 2.45) is 5.41 Å². The molecule has 2 nitrogen and oxygen atoms in total. The molecule has 1 aromatic carbocycles. The van der Waals surface area contributed by atoms with E-state index in [9.17, 15) is 0 Å². The van der Waals surface area contributed by atoms with E-state index in [1.54, 1.807) is 0 Å². The summed E-state index contributed by atoms with van der Waals surface area (Å²) in [5, 5.41) is 0. The van der Waals surface area contributed by atoms with Crippen LogP contribution in [0.2, 0.25) is 0 Å². The van der Waals surface area contributed by atoms with Gasteiger partial charge in [-0.1, -0.05) is 51.1 Å². The zero-order valence-electron chi connectivity index (χ0n) is 12.5. The average Bonchev–Trinajstić information content (AvgIpc) is 2.68. The minimum Gasteiger partial charge on any atom is -0.332 e. The van der Waals surface area contributed by atoms with E-state index in [-0.39, 0.29) is 0 Å². The molecule has 0 unspecified atom stereocenters. The maximum absolute atomic E-state index is 4.48. The van der Waals surface area contributed by atoms with Crippen LogP contribution in [0, 0.1) is 12.3 Å². The Morgan fingerprint density at radius 2 is 1.79 bits per heavy atom. The second-order valence-electron chi connectivity index (χ2n) is 6.42. The molecule has 2 rings (SSSR count). The van der Waals surface area contributed by atoms with Gasteiger partial charge in [0.15, 0.2) is 0 Å². The summed E-state index contributed by atoms with van der Waals surface area (Å²) < 4.78 is 2.36. The molecule has 0 aliphatic heterocycles. The van der Waals surface area contributed by atoms with Gasteiger partial charge >= 0.3 is 0 Å². The summed E-state index contributed by atoms with van der Waals surface area (Å²) in [4.78, 5) is 4.48. The number of aryl methyl sites for hydroxylation is 1. The van der Waals surface area contributed by atoms with Gasteiger partial charge in [0.1, 0.15) is 5.82 Å². The summed E-state index contributed by atoms with van der Waals surface area (Å²) in [6.45, 7) is 10.0. The topological polar surface area (TPSA) is 17.8 Å². The first kappa shape index (κ1) is 13.9. The lowest BCUT2D eigenvalue weighted by atomic mass is 9.92. The molecule has 0 atom stereocenters. The SMILES string of the molecule is Cc1ncc(Cc2ccccc2)n1CCC(C)(C)C. The molecule has 2 aromatic rings. The van der Waals surface area contributed by atoms with Crippen LogP contribution in [0.3, 0.4) is 0 Å². The van der Waals surface area contributed by atoms with Gasteiger partial charge in [0.05, 0.1) is 0 Å². The molecule has 0 aliphatic rings. The average molecular weight is 256 g/mol. The highest BCUT2D eigenvalue weighted by atomic mass is 15.1. The Morgan fingerprint density at radius 3 is 2.42 bits per heavy atom. The van der Waals surface area contributed by atoms with Gasteiger partial charge in [0.2, 0.25) is 0 Å². The molecule has 19 heavy (non-hydrogen) atoms. The highest BCUT2D eigenvalue weighted by molar-refractivity contribution is 5.21. The summed E-state index contributed by atoms with van der Waals surface area (Å²) in [5.74, 6) is 1.12. The summed E-state index contributed by atoms with van der Waals surface area (Å²) in [5.41, 5.74) is 3.02. The molecule has 102 valence electrons. The molecule has 0 amide bonds. The zero-order valence-corrected chi connectivity index (χ0v) is 12.5. The van der Waals surface area contributed by atoms with Gasteiger partial charge in [-0.2, -0.15) is 0 Å². The molecule has 0 saturated carbocycles. The predicted molar refractivity (Wildman–Crippen MR) is 80.3 cm³/mol. The van der Waals surface area contributed by atoms with Crippen molar-refractivity contribution in [3.8, 4) is 0 Å². The van der Waals surface area contributed by atoms with Gasteiger partial charge in [-0.25, -0.2) is 4.98 Å². The Morgan fingerprint density at radius 1 is 1.11 bits per heavy atom. The summed E-state index contributed by atoms with van der Waals surface area (Å²) in [6, 6.07) is 10.6. The van der Waals surface area contributed by atoms with Crippen LogP contribution >= 0.6 is 0 Å². The van der Waals surface area contributed by atoms with Gasteiger partial charge in [-0.15, -0.1) is 0 Å². The minimum absolute atomic E-state index is 0.362. The number of hydrogen-bond donors (Lipinski definition) is 0. The second kappa shape index (κ2) is 5.60. The fourth-order valence-electron chi connectivity index (χ4n) is 2.21. The van der Waals surface area contributed by atoms with Crippen LogP contribution in [0.4, 0.5) is 0 Å². The molecule has 0 bridgehead atoms. The first-order valence-electron chi connectivity index (χ1n) is 7.01. The van der Waals surface area contributed by atoms with E-state index in [1.165, 1.54) is 17.7 Å². The van der Waals surface area contributed by atoms with Gasteiger partial charge in [0.25, 0.3) is 0 Å². The fourth-order valence-corrected chi connectivity index (χ4v) is 2.21. The molecule has 0 fully saturated rings. The van der Waals surface area contributed by atoms with E-state index in [1.807, 2.05) is 6.20 Å². The van der Waals surface area contributed by atoms with E-state index in [0.29, 0.717) is 5.41 Å². The number of rotatable bonds is 4. The Labute approximate surface area is 116 Å². The van der Waals surface area contributed by atoms with Crippen LogP contribution in [0.5, 0.6) is 0 Å².